The van der Waals surface area contributed by atoms with Gasteiger partial charge >= 0.3 is 0 Å². The number of methoxy groups -OCH3 is 2. The molecule has 1 aliphatic rings. The molecule has 1 rings (SSSR count). The molecular weight excluding hydrogens is 228 g/mol. The van der Waals surface area contributed by atoms with E-state index in [1.165, 1.54) is 32.7 Å². The van der Waals surface area contributed by atoms with Crippen molar-refractivity contribution < 1.29 is 19.1 Å². The molecule has 0 atom stereocenters. The summed E-state index contributed by atoms with van der Waals surface area (Å²) in [4.78, 5) is 23.3. The van der Waals surface area contributed by atoms with Crippen molar-refractivity contribution in [1.82, 2.24) is 0 Å². The molecule has 0 radical (unpaired) electrons. The molecule has 0 N–H and O–H groups in total. The lowest BCUT2D eigenvalue weighted by atomic mass is 9.93. The van der Waals surface area contributed by atoms with E-state index in [0.29, 0.717) is 17.3 Å². The second-order valence-corrected chi connectivity index (χ2v) is 4.93. The predicted octanol–water partition coefficient (Wildman–Crippen LogP) is 1.54. The number of carbonyl (C=O) groups excluding carboxylic acids is 2. The third-order valence-electron chi connectivity index (χ3n) is 2.80. The van der Waals surface area contributed by atoms with Gasteiger partial charge in [0.05, 0.1) is 20.0 Å². The highest BCUT2D eigenvalue weighted by Crippen LogP contribution is 2.41. The van der Waals surface area contributed by atoms with Gasteiger partial charge in [-0.2, -0.15) is 0 Å². The standard InChI is InChI=1S/C11H16O4S/c1-7(12)11(8(2)13)5-9(14-3)10(15-4)6-16-11/h5-6H2,1-4H3. The summed E-state index contributed by atoms with van der Waals surface area (Å²) in [5.74, 6) is 1.51. The van der Waals surface area contributed by atoms with Crippen molar-refractivity contribution in [2.75, 3.05) is 20.0 Å². The quantitative estimate of drug-likeness (QED) is 0.702. The van der Waals surface area contributed by atoms with Gasteiger partial charge in [0.15, 0.2) is 11.6 Å². The minimum absolute atomic E-state index is 0.130. The number of thioether (sulfide) groups is 1. The lowest BCUT2D eigenvalue weighted by molar-refractivity contribution is -0.128. The third kappa shape index (κ3) is 2.09. The lowest BCUT2D eigenvalue weighted by Gasteiger charge is -2.33. The van der Waals surface area contributed by atoms with E-state index in [9.17, 15) is 9.59 Å². The number of rotatable bonds is 4. The summed E-state index contributed by atoms with van der Waals surface area (Å²) < 4.78 is 9.35. The molecule has 90 valence electrons. The summed E-state index contributed by atoms with van der Waals surface area (Å²) >= 11 is 1.32. The average Bonchev–Trinajstić information content (AvgIpc) is 2.27. The number of Topliss-reactive ketones (excluding diaryl/α,β-unsaturated/α-hetero) is 2. The van der Waals surface area contributed by atoms with Gasteiger partial charge < -0.3 is 9.47 Å². The molecule has 0 amide bonds. The van der Waals surface area contributed by atoms with Crippen molar-refractivity contribution in [3.05, 3.63) is 11.5 Å². The Balaban J connectivity index is 3.09. The summed E-state index contributed by atoms with van der Waals surface area (Å²) in [6.45, 7) is 2.89. The normalized spacial score (nSPS) is 19.2. The summed E-state index contributed by atoms with van der Waals surface area (Å²) in [5, 5.41) is 0. The topological polar surface area (TPSA) is 52.6 Å². The second kappa shape index (κ2) is 4.91. The van der Waals surface area contributed by atoms with Crippen LogP contribution in [0.15, 0.2) is 11.5 Å². The van der Waals surface area contributed by atoms with E-state index in [1.54, 1.807) is 7.11 Å². The molecule has 0 aromatic rings. The van der Waals surface area contributed by atoms with Gasteiger partial charge in [-0.15, -0.1) is 11.8 Å². The van der Waals surface area contributed by atoms with E-state index in [-0.39, 0.29) is 18.0 Å². The van der Waals surface area contributed by atoms with Crippen LogP contribution in [0, 0.1) is 0 Å². The molecule has 5 heteroatoms. The molecule has 0 aromatic heterocycles. The zero-order chi connectivity index (χ0) is 12.3. The Labute approximate surface area is 99.4 Å². The summed E-state index contributed by atoms with van der Waals surface area (Å²) in [6.07, 6.45) is 0.280. The monoisotopic (exact) mass is 244 g/mol. The van der Waals surface area contributed by atoms with Crippen molar-refractivity contribution in [3.8, 4) is 0 Å². The van der Waals surface area contributed by atoms with Crippen LogP contribution in [-0.4, -0.2) is 36.3 Å². The lowest BCUT2D eigenvalue weighted by Crippen LogP contribution is -2.44. The van der Waals surface area contributed by atoms with Crippen molar-refractivity contribution in [1.29, 1.82) is 0 Å². The van der Waals surface area contributed by atoms with E-state index in [2.05, 4.69) is 0 Å². The maximum atomic E-state index is 11.7. The van der Waals surface area contributed by atoms with Crippen LogP contribution < -0.4 is 0 Å². The van der Waals surface area contributed by atoms with Crippen molar-refractivity contribution in [3.63, 3.8) is 0 Å². The summed E-state index contributed by atoms with van der Waals surface area (Å²) in [5.41, 5.74) is 0. The number of ketones is 2. The van der Waals surface area contributed by atoms with Crippen LogP contribution in [-0.2, 0) is 19.1 Å². The molecule has 1 heterocycles. The molecule has 4 nitrogen and oxygen atoms in total. The van der Waals surface area contributed by atoms with E-state index in [1.807, 2.05) is 0 Å². The van der Waals surface area contributed by atoms with Gasteiger partial charge in [0.1, 0.15) is 16.3 Å². The molecule has 0 aliphatic carbocycles. The minimum Gasteiger partial charge on any atom is -0.497 e. The maximum Gasteiger partial charge on any atom is 0.153 e. The molecule has 0 aromatic carbocycles. The van der Waals surface area contributed by atoms with Crippen molar-refractivity contribution in [2.24, 2.45) is 0 Å². The van der Waals surface area contributed by atoms with E-state index in [0.717, 1.165) is 0 Å². The van der Waals surface area contributed by atoms with E-state index >= 15 is 0 Å². The van der Waals surface area contributed by atoms with Crippen LogP contribution in [0.5, 0.6) is 0 Å². The third-order valence-corrected chi connectivity index (χ3v) is 4.42. The SMILES string of the molecule is COC1=C(OC)CC(C(C)=O)(C(C)=O)SC1. The highest BCUT2D eigenvalue weighted by atomic mass is 32.2. The number of hydrogen-bond donors (Lipinski definition) is 0. The van der Waals surface area contributed by atoms with Gasteiger partial charge in [0.2, 0.25) is 0 Å². The molecule has 0 fully saturated rings. The van der Waals surface area contributed by atoms with Crippen LogP contribution >= 0.6 is 11.8 Å². The average molecular weight is 244 g/mol. The van der Waals surface area contributed by atoms with Crippen LogP contribution in [0.25, 0.3) is 0 Å². The zero-order valence-electron chi connectivity index (χ0n) is 9.96. The Morgan fingerprint density at radius 1 is 1.12 bits per heavy atom. The molecule has 0 saturated carbocycles. The van der Waals surface area contributed by atoms with Crippen molar-refractivity contribution >= 4 is 23.3 Å². The Bertz CT molecular complexity index is 332. The first kappa shape index (κ1) is 13.1. The molecule has 1 aliphatic heterocycles. The van der Waals surface area contributed by atoms with Crippen LogP contribution in [0.3, 0.4) is 0 Å². The van der Waals surface area contributed by atoms with Gasteiger partial charge in [-0.1, -0.05) is 0 Å². The smallest absolute Gasteiger partial charge is 0.153 e. The molecule has 0 bridgehead atoms. The Hall–Kier alpha value is -0.970. The fourth-order valence-electron chi connectivity index (χ4n) is 1.70. The first-order valence-corrected chi connectivity index (χ1v) is 5.92. The molecule has 16 heavy (non-hydrogen) atoms. The van der Waals surface area contributed by atoms with Gasteiger partial charge in [0, 0.05) is 6.42 Å². The van der Waals surface area contributed by atoms with Gasteiger partial charge in [-0.05, 0) is 13.8 Å². The molecule has 0 unspecified atom stereocenters. The Kier molecular flexibility index (Phi) is 4.02. The zero-order valence-corrected chi connectivity index (χ0v) is 10.8. The number of ether oxygens (including phenoxy) is 2. The minimum atomic E-state index is -0.993. The van der Waals surface area contributed by atoms with Crippen LogP contribution in [0.1, 0.15) is 20.3 Å². The van der Waals surface area contributed by atoms with E-state index in [4.69, 9.17) is 9.47 Å². The van der Waals surface area contributed by atoms with Gasteiger partial charge in [-0.3, -0.25) is 9.59 Å². The summed E-state index contributed by atoms with van der Waals surface area (Å²) in [7, 11) is 3.08. The summed E-state index contributed by atoms with van der Waals surface area (Å²) in [6, 6.07) is 0. The highest BCUT2D eigenvalue weighted by Gasteiger charge is 2.45. The molecular formula is C11H16O4S. The van der Waals surface area contributed by atoms with Crippen molar-refractivity contribution in [2.45, 2.75) is 25.0 Å². The number of allylic oxidation sites excluding steroid dienone is 1. The highest BCUT2D eigenvalue weighted by molar-refractivity contribution is 8.02. The van der Waals surface area contributed by atoms with Crippen LogP contribution in [0.4, 0.5) is 0 Å². The Morgan fingerprint density at radius 2 is 1.62 bits per heavy atom. The predicted molar refractivity (Wildman–Crippen MR) is 62.2 cm³/mol. The Morgan fingerprint density at radius 3 is 2.00 bits per heavy atom. The largest absolute Gasteiger partial charge is 0.497 e. The van der Waals surface area contributed by atoms with Gasteiger partial charge in [-0.25, -0.2) is 0 Å². The fourth-order valence-corrected chi connectivity index (χ4v) is 3.00. The van der Waals surface area contributed by atoms with E-state index < -0.39 is 4.75 Å². The molecule has 0 spiro atoms. The maximum absolute atomic E-state index is 11.7. The van der Waals surface area contributed by atoms with Crippen LogP contribution in [0.2, 0.25) is 0 Å². The molecule has 0 saturated heterocycles. The first-order chi connectivity index (χ1) is 7.47. The number of carbonyl (C=O) groups is 2. The first-order valence-electron chi connectivity index (χ1n) is 4.94. The van der Waals surface area contributed by atoms with Gasteiger partial charge in [0.25, 0.3) is 0 Å². The fraction of sp³-hybridized carbons (Fsp3) is 0.636. The number of hydrogen-bond acceptors (Lipinski definition) is 5. The second-order valence-electron chi connectivity index (χ2n) is 3.66.